The van der Waals surface area contributed by atoms with Gasteiger partial charge < -0.3 is 4.74 Å². The number of ether oxygens (including phenoxy) is 1. The van der Waals surface area contributed by atoms with E-state index in [2.05, 4.69) is 0 Å². The predicted molar refractivity (Wildman–Crippen MR) is 70.5 cm³/mol. The molecule has 2 aliphatic carbocycles. The summed E-state index contributed by atoms with van der Waals surface area (Å²) in [7, 11) is 1.49. The van der Waals surface area contributed by atoms with Gasteiger partial charge in [-0.25, -0.2) is 0 Å². The number of hydrogen-bond acceptors (Lipinski definition) is 3. The zero-order valence-electron chi connectivity index (χ0n) is 11.1. The SMILES string of the molecule is COC1=C[C@@]2(C)C[C@@H](c3ccccc3)[C@@H](C1=O)C2=O. The number of fused-ring (bicyclic) bond motifs is 2. The summed E-state index contributed by atoms with van der Waals surface area (Å²) in [5.41, 5.74) is 0.494. The van der Waals surface area contributed by atoms with Crippen molar-refractivity contribution in [3.8, 4) is 0 Å². The van der Waals surface area contributed by atoms with E-state index in [9.17, 15) is 9.59 Å². The third-order valence-electron chi connectivity index (χ3n) is 4.31. The third-order valence-corrected chi connectivity index (χ3v) is 4.31. The van der Waals surface area contributed by atoms with Crippen LogP contribution in [0.3, 0.4) is 0 Å². The van der Waals surface area contributed by atoms with Crippen molar-refractivity contribution >= 4 is 11.6 Å². The number of hydrogen-bond donors (Lipinski definition) is 0. The molecule has 0 aromatic heterocycles. The molecule has 0 amide bonds. The molecule has 3 heteroatoms. The Morgan fingerprint density at radius 1 is 1.21 bits per heavy atom. The Hall–Kier alpha value is -1.90. The molecule has 2 bridgehead atoms. The summed E-state index contributed by atoms with van der Waals surface area (Å²) in [5, 5.41) is 0. The van der Waals surface area contributed by atoms with E-state index in [1.54, 1.807) is 6.08 Å². The molecular formula is C16H16O3. The van der Waals surface area contributed by atoms with Gasteiger partial charge in [-0.05, 0) is 25.0 Å². The van der Waals surface area contributed by atoms with E-state index in [-0.39, 0.29) is 17.5 Å². The number of carbonyl (C=O) groups is 2. The first-order chi connectivity index (χ1) is 9.07. The van der Waals surface area contributed by atoms with Crippen molar-refractivity contribution in [2.45, 2.75) is 19.3 Å². The number of benzene rings is 1. The summed E-state index contributed by atoms with van der Waals surface area (Å²) < 4.78 is 5.14. The van der Waals surface area contributed by atoms with E-state index in [1.165, 1.54) is 7.11 Å². The van der Waals surface area contributed by atoms with E-state index < -0.39 is 11.3 Å². The van der Waals surface area contributed by atoms with Gasteiger partial charge in [0.25, 0.3) is 0 Å². The molecule has 0 N–H and O–H groups in total. The van der Waals surface area contributed by atoms with Crippen molar-refractivity contribution in [3.05, 3.63) is 47.7 Å². The Morgan fingerprint density at radius 2 is 1.89 bits per heavy atom. The van der Waals surface area contributed by atoms with Gasteiger partial charge in [0.1, 0.15) is 0 Å². The van der Waals surface area contributed by atoms with Crippen molar-refractivity contribution in [1.82, 2.24) is 0 Å². The van der Waals surface area contributed by atoms with Gasteiger partial charge in [-0.3, -0.25) is 9.59 Å². The first-order valence-corrected chi connectivity index (χ1v) is 6.47. The van der Waals surface area contributed by atoms with E-state index >= 15 is 0 Å². The minimum Gasteiger partial charge on any atom is -0.493 e. The van der Waals surface area contributed by atoms with Crippen LogP contribution in [0.25, 0.3) is 0 Å². The van der Waals surface area contributed by atoms with Crippen LogP contribution in [0.4, 0.5) is 0 Å². The van der Waals surface area contributed by atoms with Crippen molar-refractivity contribution in [1.29, 1.82) is 0 Å². The molecule has 1 aromatic carbocycles. The summed E-state index contributed by atoms with van der Waals surface area (Å²) in [6.45, 7) is 1.90. The van der Waals surface area contributed by atoms with Crippen molar-refractivity contribution in [2.75, 3.05) is 7.11 Å². The Bertz CT molecular complexity index is 573. The lowest BCUT2D eigenvalue weighted by Gasteiger charge is -2.24. The minimum atomic E-state index is -0.577. The maximum Gasteiger partial charge on any atom is 0.208 e. The molecule has 98 valence electrons. The first-order valence-electron chi connectivity index (χ1n) is 6.47. The molecular weight excluding hydrogens is 240 g/mol. The molecule has 0 radical (unpaired) electrons. The predicted octanol–water partition coefficient (Wildman–Crippen LogP) is 2.48. The lowest BCUT2D eigenvalue weighted by molar-refractivity contribution is -0.135. The van der Waals surface area contributed by atoms with E-state index in [4.69, 9.17) is 4.74 Å². The van der Waals surface area contributed by atoms with Crippen LogP contribution >= 0.6 is 0 Å². The quantitative estimate of drug-likeness (QED) is 0.763. The fourth-order valence-electron chi connectivity index (χ4n) is 3.33. The second-order valence-corrected chi connectivity index (χ2v) is 5.56. The molecule has 1 aromatic rings. The van der Waals surface area contributed by atoms with Crippen LogP contribution in [0.5, 0.6) is 0 Å². The molecule has 3 nitrogen and oxygen atoms in total. The lowest BCUT2D eigenvalue weighted by Crippen LogP contribution is -2.35. The maximum atomic E-state index is 12.4. The molecule has 0 unspecified atom stereocenters. The van der Waals surface area contributed by atoms with Crippen LogP contribution < -0.4 is 0 Å². The summed E-state index contributed by atoms with van der Waals surface area (Å²) >= 11 is 0. The third kappa shape index (κ3) is 1.65. The van der Waals surface area contributed by atoms with Crippen molar-refractivity contribution in [2.24, 2.45) is 11.3 Å². The van der Waals surface area contributed by atoms with Crippen LogP contribution in [-0.2, 0) is 14.3 Å². The molecule has 0 aliphatic heterocycles. The average molecular weight is 256 g/mol. The number of rotatable bonds is 2. The Kier molecular flexibility index (Phi) is 2.59. The van der Waals surface area contributed by atoms with Gasteiger partial charge >= 0.3 is 0 Å². The maximum absolute atomic E-state index is 12.4. The highest BCUT2D eigenvalue weighted by molar-refractivity contribution is 6.16. The van der Waals surface area contributed by atoms with Gasteiger partial charge in [-0.1, -0.05) is 30.3 Å². The number of allylic oxidation sites excluding steroid dienone is 2. The minimum absolute atomic E-state index is 0.0323. The highest BCUT2D eigenvalue weighted by atomic mass is 16.5. The second kappa shape index (κ2) is 4.05. The fourth-order valence-corrected chi connectivity index (χ4v) is 3.33. The molecule has 3 atom stereocenters. The standard InChI is InChI=1S/C16H16O3/c1-16-8-11(10-6-4-3-5-7-10)13(15(16)18)14(17)12(9-16)19-2/h3-7,9,11,13H,8H2,1-2H3/t11-,13-,16+/m0/s1. The Morgan fingerprint density at radius 3 is 2.53 bits per heavy atom. The van der Waals surface area contributed by atoms with Crippen LogP contribution in [0.2, 0.25) is 0 Å². The highest BCUT2D eigenvalue weighted by Gasteiger charge is 2.56. The Labute approximate surface area is 112 Å². The van der Waals surface area contributed by atoms with Crippen molar-refractivity contribution < 1.29 is 14.3 Å². The zero-order chi connectivity index (χ0) is 13.6. The second-order valence-electron chi connectivity index (χ2n) is 5.56. The van der Waals surface area contributed by atoms with Gasteiger partial charge in [-0.15, -0.1) is 0 Å². The smallest absolute Gasteiger partial charge is 0.208 e. The van der Waals surface area contributed by atoms with Gasteiger partial charge in [-0.2, -0.15) is 0 Å². The van der Waals surface area contributed by atoms with Crippen LogP contribution in [-0.4, -0.2) is 18.7 Å². The molecule has 0 heterocycles. The van der Waals surface area contributed by atoms with E-state index in [0.29, 0.717) is 12.2 Å². The van der Waals surface area contributed by atoms with Gasteiger partial charge in [0, 0.05) is 11.3 Å². The molecule has 19 heavy (non-hydrogen) atoms. The molecule has 2 aliphatic rings. The van der Waals surface area contributed by atoms with Crippen LogP contribution in [0.1, 0.15) is 24.8 Å². The van der Waals surface area contributed by atoms with Crippen LogP contribution in [0.15, 0.2) is 42.2 Å². The number of ketones is 2. The molecule has 0 saturated heterocycles. The molecule has 1 saturated carbocycles. The van der Waals surface area contributed by atoms with Gasteiger partial charge in [0.2, 0.25) is 5.78 Å². The normalized spacial score (nSPS) is 33.3. The summed E-state index contributed by atoms with van der Waals surface area (Å²) in [4.78, 5) is 24.8. The van der Waals surface area contributed by atoms with Crippen molar-refractivity contribution in [3.63, 3.8) is 0 Å². The number of carbonyl (C=O) groups excluding carboxylic acids is 2. The first kappa shape index (κ1) is 12.2. The average Bonchev–Trinajstić information content (AvgIpc) is 2.61. The summed E-state index contributed by atoms with van der Waals surface area (Å²) in [6, 6.07) is 9.80. The van der Waals surface area contributed by atoms with E-state index in [1.807, 2.05) is 37.3 Å². The highest BCUT2D eigenvalue weighted by Crippen LogP contribution is 2.52. The molecule has 3 rings (SSSR count). The topological polar surface area (TPSA) is 43.4 Å². The largest absolute Gasteiger partial charge is 0.493 e. The van der Waals surface area contributed by atoms with Gasteiger partial charge in [0.05, 0.1) is 13.0 Å². The van der Waals surface area contributed by atoms with E-state index in [0.717, 1.165) is 5.56 Å². The fraction of sp³-hybridized carbons (Fsp3) is 0.375. The van der Waals surface area contributed by atoms with Crippen LogP contribution in [0, 0.1) is 11.3 Å². The lowest BCUT2D eigenvalue weighted by atomic mass is 9.80. The van der Waals surface area contributed by atoms with Gasteiger partial charge in [0.15, 0.2) is 11.5 Å². The molecule has 0 spiro atoms. The summed E-state index contributed by atoms with van der Waals surface area (Å²) in [5.74, 6) is -0.406. The Balaban J connectivity index is 2.07. The molecule has 1 fully saturated rings. The summed E-state index contributed by atoms with van der Waals surface area (Å²) in [6.07, 6.45) is 2.39. The number of methoxy groups -OCH3 is 1. The zero-order valence-corrected chi connectivity index (χ0v) is 11.1. The number of Topliss-reactive ketones (excluding diaryl/α,β-unsaturated/α-hetero) is 2. The monoisotopic (exact) mass is 256 g/mol.